The summed E-state index contributed by atoms with van der Waals surface area (Å²) in [6, 6.07) is 16.3. The Labute approximate surface area is 179 Å². The number of Topliss-reactive ketones (excluding diaryl/α,β-unsaturated/α-hetero) is 1. The van der Waals surface area contributed by atoms with E-state index in [0.29, 0.717) is 5.75 Å². The van der Waals surface area contributed by atoms with Gasteiger partial charge in [-0.15, -0.1) is 0 Å². The van der Waals surface area contributed by atoms with Crippen LogP contribution in [0.2, 0.25) is 0 Å². The first-order valence-electron chi connectivity index (χ1n) is 9.80. The SMILES string of the molecule is Cc1cc(C(=O)CSc2ncnc3ccccc23)c(C)n1CCc1ccc(F)cc1. The van der Waals surface area contributed by atoms with Crippen LogP contribution in [0.25, 0.3) is 10.9 Å². The largest absolute Gasteiger partial charge is 0.348 e. The van der Waals surface area contributed by atoms with Crippen molar-refractivity contribution >= 4 is 28.4 Å². The normalized spacial score (nSPS) is 11.2. The molecule has 4 aromatic rings. The van der Waals surface area contributed by atoms with E-state index in [9.17, 15) is 9.18 Å². The number of nitrogens with zero attached hydrogens (tertiary/aromatic N) is 3. The minimum Gasteiger partial charge on any atom is -0.348 e. The third-order valence-corrected chi connectivity index (χ3v) is 6.26. The summed E-state index contributed by atoms with van der Waals surface area (Å²) >= 11 is 1.44. The summed E-state index contributed by atoms with van der Waals surface area (Å²) < 4.78 is 15.3. The number of benzene rings is 2. The highest BCUT2D eigenvalue weighted by molar-refractivity contribution is 8.00. The Kier molecular flexibility index (Phi) is 5.95. The maximum Gasteiger partial charge on any atom is 0.174 e. The number of hydrogen-bond acceptors (Lipinski definition) is 4. The molecule has 0 saturated carbocycles. The second-order valence-corrected chi connectivity index (χ2v) is 8.18. The van der Waals surface area contributed by atoms with E-state index in [0.717, 1.165) is 51.4 Å². The minimum absolute atomic E-state index is 0.0869. The van der Waals surface area contributed by atoms with Gasteiger partial charge >= 0.3 is 0 Å². The lowest BCUT2D eigenvalue weighted by molar-refractivity contribution is 0.102. The molecule has 0 fully saturated rings. The predicted molar refractivity (Wildman–Crippen MR) is 119 cm³/mol. The van der Waals surface area contributed by atoms with Crippen LogP contribution in [-0.2, 0) is 13.0 Å². The van der Waals surface area contributed by atoms with E-state index in [4.69, 9.17) is 0 Å². The van der Waals surface area contributed by atoms with Gasteiger partial charge in [-0.05, 0) is 50.1 Å². The van der Waals surface area contributed by atoms with Crippen LogP contribution in [0.3, 0.4) is 0 Å². The number of fused-ring (bicyclic) bond motifs is 1. The number of hydrogen-bond donors (Lipinski definition) is 0. The molecule has 6 heteroatoms. The molecule has 0 aliphatic carbocycles. The van der Waals surface area contributed by atoms with Crippen molar-refractivity contribution in [1.82, 2.24) is 14.5 Å². The minimum atomic E-state index is -0.228. The van der Waals surface area contributed by atoms with Gasteiger partial charge in [0.2, 0.25) is 0 Å². The molecule has 0 aliphatic rings. The number of thioether (sulfide) groups is 1. The Morgan fingerprint density at radius 1 is 1.07 bits per heavy atom. The summed E-state index contributed by atoms with van der Waals surface area (Å²) in [5.41, 5.74) is 4.71. The van der Waals surface area contributed by atoms with E-state index in [1.807, 2.05) is 44.2 Å². The fourth-order valence-electron chi connectivity index (χ4n) is 3.63. The van der Waals surface area contributed by atoms with E-state index >= 15 is 0 Å². The molecule has 2 heterocycles. The summed E-state index contributed by atoms with van der Waals surface area (Å²) in [4.78, 5) is 21.6. The average molecular weight is 420 g/mol. The molecule has 0 N–H and O–H groups in total. The van der Waals surface area contributed by atoms with Crippen molar-refractivity contribution in [1.29, 1.82) is 0 Å². The monoisotopic (exact) mass is 419 g/mol. The fraction of sp³-hybridized carbons (Fsp3) is 0.208. The average Bonchev–Trinajstić information content (AvgIpc) is 3.05. The van der Waals surface area contributed by atoms with E-state index in [2.05, 4.69) is 14.5 Å². The van der Waals surface area contributed by atoms with E-state index in [-0.39, 0.29) is 11.6 Å². The standard InChI is InChI=1S/C24H22FN3OS/c1-16-13-21(17(2)28(16)12-11-18-7-9-19(25)10-8-18)23(29)14-30-24-20-5-3-4-6-22(20)26-15-27-24/h3-10,13,15H,11-12,14H2,1-2H3. The van der Waals surface area contributed by atoms with Crippen LogP contribution in [-0.4, -0.2) is 26.1 Å². The lowest BCUT2D eigenvalue weighted by Crippen LogP contribution is -2.08. The molecule has 2 aromatic carbocycles. The molecule has 152 valence electrons. The van der Waals surface area contributed by atoms with E-state index in [1.165, 1.54) is 30.2 Å². The third kappa shape index (κ3) is 4.28. The van der Waals surface area contributed by atoms with Gasteiger partial charge in [-0.2, -0.15) is 0 Å². The quantitative estimate of drug-likeness (QED) is 0.228. The number of para-hydroxylation sites is 1. The molecule has 0 unspecified atom stereocenters. The van der Waals surface area contributed by atoms with Crippen LogP contribution in [0, 0.1) is 19.7 Å². The molecule has 4 nitrogen and oxygen atoms in total. The van der Waals surface area contributed by atoms with Gasteiger partial charge in [-0.3, -0.25) is 4.79 Å². The smallest absolute Gasteiger partial charge is 0.174 e. The van der Waals surface area contributed by atoms with Crippen LogP contribution < -0.4 is 0 Å². The molecule has 0 spiro atoms. The van der Waals surface area contributed by atoms with Crippen LogP contribution in [0.5, 0.6) is 0 Å². The number of rotatable bonds is 7. The van der Waals surface area contributed by atoms with Gasteiger partial charge in [0, 0.05) is 28.9 Å². The highest BCUT2D eigenvalue weighted by Gasteiger charge is 2.17. The lowest BCUT2D eigenvalue weighted by Gasteiger charge is -2.10. The van der Waals surface area contributed by atoms with E-state index < -0.39 is 0 Å². The summed E-state index contributed by atoms with van der Waals surface area (Å²) in [7, 11) is 0. The highest BCUT2D eigenvalue weighted by Crippen LogP contribution is 2.26. The Balaban J connectivity index is 1.46. The number of carbonyl (C=O) groups excluding carboxylic acids is 1. The van der Waals surface area contributed by atoms with Gasteiger partial charge in [-0.25, -0.2) is 14.4 Å². The summed E-state index contributed by atoms with van der Waals surface area (Å²) in [5, 5.41) is 1.78. The van der Waals surface area contributed by atoms with Crippen LogP contribution in [0.4, 0.5) is 4.39 Å². The first kappa shape index (κ1) is 20.3. The van der Waals surface area contributed by atoms with Gasteiger partial charge in [0.05, 0.1) is 11.3 Å². The van der Waals surface area contributed by atoms with Crippen molar-refractivity contribution in [2.24, 2.45) is 0 Å². The van der Waals surface area contributed by atoms with Crippen LogP contribution in [0.15, 0.2) is 66.0 Å². The maximum atomic E-state index is 13.1. The summed E-state index contributed by atoms with van der Waals surface area (Å²) in [5.74, 6) is 0.182. The van der Waals surface area contributed by atoms with Crippen molar-refractivity contribution < 1.29 is 9.18 Å². The zero-order chi connectivity index (χ0) is 21.1. The lowest BCUT2D eigenvalue weighted by atomic mass is 10.1. The highest BCUT2D eigenvalue weighted by atomic mass is 32.2. The number of carbonyl (C=O) groups is 1. The van der Waals surface area contributed by atoms with Crippen molar-refractivity contribution in [2.45, 2.75) is 31.8 Å². The predicted octanol–water partition coefficient (Wildman–Crippen LogP) is 5.40. The fourth-order valence-corrected chi connectivity index (χ4v) is 4.50. The van der Waals surface area contributed by atoms with Crippen molar-refractivity contribution in [2.75, 3.05) is 5.75 Å². The molecule has 0 bridgehead atoms. The molecular weight excluding hydrogens is 397 g/mol. The molecule has 4 rings (SSSR count). The van der Waals surface area contributed by atoms with E-state index in [1.54, 1.807) is 12.1 Å². The molecule has 0 amide bonds. The maximum absolute atomic E-state index is 13.1. The van der Waals surface area contributed by atoms with Crippen LogP contribution >= 0.6 is 11.8 Å². The molecule has 2 aromatic heterocycles. The topological polar surface area (TPSA) is 47.8 Å². The number of aryl methyl sites for hydroxylation is 2. The second-order valence-electron chi connectivity index (χ2n) is 7.22. The zero-order valence-electron chi connectivity index (χ0n) is 16.9. The summed E-state index contributed by atoms with van der Waals surface area (Å²) in [6.07, 6.45) is 2.32. The molecule has 30 heavy (non-hydrogen) atoms. The number of ketones is 1. The molecule has 0 aliphatic heterocycles. The van der Waals surface area contributed by atoms with Gasteiger partial charge < -0.3 is 4.57 Å². The number of aromatic nitrogens is 3. The Morgan fingerprint density at radius 3 is 2.63 bits per heavy atom. The number of halogens is 1. The summed E-state index contributed by atoms with van der Waals surface area (Å²) in [6.45, 7) is 4.75. The van der Waals surface area contributed by atoms with Gasteiger partial charge in [0.25, 0.3) is 0 Å². The van der Waals surface area contributed by atoms with Crippen molar-refractivity contribution in [3.05, 3.63) is 89.3 Å². The van der Waals surface area contributed by atoms with Crippen LogP contribution in [0.1, 0.15) is 27.3 Å². The van der Waals surface area contributed by atoms with Crippen molar-refractivity contribution in [3.63, 3.8) is 0 Å². The molecule has 0 saturated heterocycles. The van der Waals surface area contributed by atoms with Crippen molar-refractivity contribution in [3.8, 4) is 0 Å². The second kappa shape index (κ2) is 8.79. The van der Waals surface area contributed by atoms with Gasteiger partial charge in [-0.1, -0.05) is 42.1 Å². The van der Waals surface area contributed by atoms with Gasteiger partial charge in [0.1, 0.15) is 17.2 Å². The Hall–Kier alpha value is -2.99. The first-order chi connectivity index (χ1) is 14.5. The Bertz CT molecular complexity index is 1200. The van der Waals surface area contributed by atoms with Gasteiger partial charge in [0.15, 0.2) is 5.78 Å². The third-order valence-electron chi connectivity index (χ3n) is 5.26. The first-order valence-corrected chi connectivity index (χ1v) is 10.8. The zero-order valence-corrected chi connectivity index (χ0v) is 17.7. The molecule has 0 atom stereocenters. The Morgan fingerprint density at radius 2 is 1.83 bits per heavy atom. The molecule has 0 radical (unpaired) electrons. The molecular formula is C24H22FN3OS.